The highest BCUT2D eigenvalue weighted by Crippen LogP contribution is 2.32. The molecule has 0 aliphatic carbocycles. The Morgan fingerprint density at radius 2 is 1.96 bits per heavy atom. The molecule has 0 atom stereocenters. The molecule has 1 aromatic carbocycles. The molecule has 130 valence electrons. The minimum absolute atomic E-state index is 0.239. The van der Waals surface area contributed by atoms with E-state index in [1.54, 1.807) is 7.11 Å². The van der Waals surface area contributed by atoms with Crippen molar-refractivity contribution in [2.24, 2.45) is 0 Å². The zero-order valence-corrected chi connectivity index (χ0v) is 14.3. The van der Waals surface area contributed by atoms with E-state index in [0.717, 1.165) is 21.7 Å². The standard InChI is InChI=1S/C17H12N4O4S/c1-24-11-4-2-10(3-5-11)18-17-15-12(8-9-26-15)19-16(20-17)13-6-7-14(25-13)21(22)23/h2-9H,1H3,(H,18,19,20). The molecule has 0 aliphatic rings. The number of thiophene rings is 1. The summed E-state index contributed by atoms with van der Waals surface area (Å²) in [6.45, 7) is 0. The number of methoxy groups -OCH3 is 1. The third-order valence-electron chi connectivity index (χ3n) is 3.65. The highest BCUT2D eigenvalue weighted by atomic mass is 32.1. The summed E-state index contributed by atoms with van der Waals surface area (Å²) in [5.41, 5.74) is 1.56. The van der Waals surface area contributed by atoms with Crippen LogP contribution < -0.4 is 10.1 Å². The normalized spacial score (nSPS) is 10.8. The Labute approximate surface area is 151 Å². The van der Waals surface area contributed by atoms with Gasteiger partial charge in [0.05, 0.1) is 23.4 Å². The molecule has 3 heterocycles. The fraction of sp³-hybridized carbons (Fsp3) is 0.0588. The van der Waals surface area contributed by atoms with Gasteiger partial charge in [0, 0.05) is 5.69 Å². The van der Waals surface area contributed by atoms with Gasteiger partial charge in [-0.25, -0.2) is 9.97 Å². The molecule has 0 saturated heterocycles. The molecule has 4 aromatic rings. The number of fused-ring (bicyclic) bond motifs is 1. The second kappa shape index (κ2) is 6.45. The molecule has 0 spiro atoms. The van der Waals surface area contributed by atoms with Gasteiger partial charge >= 0.3 is 5.88 Å². The van der Waals surface area contributed by atoms with Crippen LogP contribution >= 0.6 is 11.3 Å². The molecule has 9 heteroatoms. The molecule has 0 fully saturated rings. The number of benzene rings is 1. The number of nitrogens with one attached hydrogen (secondary N) is 1. The molecule has 8 nitrogen and oxygen atoms in total. The van der Waals surface area contributed by atoms with E-state index in [9.17, 15) is 10.1 Å². The number of rotatable bonds is 5. The van der Waals surface area contributed by atoms with Crippen LogP contribution in [-0.2, 0) is 0 Å². The molecule has 26 heavy (non-hydrogen) atoms. The van der Waals surface area contributed by atoms with Crippen LogP contribution in [0, 0.1) is 10.1 Å². The van der Waals surface area contributed by atoms with Crippen LogP contribution in [0.15, 0.2) is 52.3 Å². The first-order valence-corrected chi connectivity index (χ1v) is 8.43. The minimum atomic E-state index is -0.594. The molecule has 1 N–H and O–H groups in total. The second-order valence-corrected chi connectivity index (χ2v) is 6.20. The molecule has 0 bridgehead atoms. The summed E-state index contributed by atoms with van der Waals surface area (Å²) in [4.78, 5) is 19.2. The number of hydrogen-bond donors (Lipinski definition) is 1. The summed E-state index contributed by atoms with van der Waals surface area (Å²) in [5.74, 6) is 1.52. The van der Waals surface area contributed by atoms with Crippen LogP contribution in [0.5, 0.6) is 5.75 Å². The number of aromatic nitrogens is 2. The Hall–Kier alpha value is -3.46. The van der Waals surface area contributed by atoms with E-state index in [4.69, 9.17) is 9.15 Å². The van der Waals surface area contributed by atoms with Crippen molar-refractivity contribution in [3.8, 4) is 17.3 Å². The van der Waals surface area contributed by atoms with E-state index in [1.807, 2.05) is 35.7 Å². The van der Waals surface area contributed by atoms with E-state index in [2.05, 4.69) is 15.3 Å². The summed E-state index contributed by atoms with van der Waals surface area (Å²) in [5, 5.41) is 16.0. The van der Waals surface area contributed by atoms with Gasteiger partial charge in [-0.1, -0.05) is 0 Å². The van der Waals surface area contributed by atoms with Crippen molar-refractivity contribution < 1.29 is 14.1 Å². The van der Waals surface area contributed by atoms with E-state index < -0.39 is 4.92 Å². The molecule has 4 rings (SSSR count). The van der Waals surface area contributed by atoms with Gasteiger partial charge in [0.2, 0.25) is 0 Å². The van der Waals surface area contributed by atoms with Crippen molar-refractivity contribution in [1.82, 2.24) is 9.97 Å². The minimum Gasteiger partial charge on any atom is -0.497 e. The van der Waals surface area contributed by atoms with E-state index in [-0.39, 0.29) is 17.5 Å². The number of ether oxygens (including phenoxy) is 1. The van der Waals surface area contributed by atoms with Crippen LogP contribution in [0.2, 0.25) is 0 Å². The lowest BCUT2D eigenvalue weighted by Gasteiger charge is -2.08. The van der Waals surface area contributed by atoms with Gasteiger partial charge in [-0.15, -0.1) is 11.3 Å². The highest BCUT2D eigenvalue weighted by Gasteiger charge is 2.17. The van der Waals surface area contributed by atoms with Crippen molar-refractivity contribution in [2.45, 2.75) is 0 Å². The van der Waals surface area contributed by atoms with Crippen LogP contribution in [0.1, 0.15) is 0 Å². The quantitative estimate of drug-likeness (QED) is 0.405. The summed E-state index contributed by atoms with van der Waals surface area (Å²) in [6, 6.07) is 12.1. The summed E-state index contributed by atoms with van der Waals surface area (Å²) in [6.07, 6.45) is 0. The molecule has 3 aromatic heterocycles. The van der Waals surface area contributed by atoms with Crippen molar-refractivity contribution in [3.63, 3.8) is 0 Å². The third-order valence-corrected chi connectivity index (χ3v) is 4.56. The zero-order chi connectivity index (χ0) is 18.1. The fourth-order valence-corrected chi connectivity index (χ4v) is 3.19. The molecule has 0 aliphatic heterocycles. The van der Waals surface area contributed by atoms with Gasteiger partial charge < -0.3 is 14.5 Å². The van der Waals surface area contributed by atoms with Crippen molar-refractivity contribution in [1.29, 1.82) is 0 Å². The van der Waals surface area contributed by atoms with Gasteiger partial charge in [-0.05, 0) is 41.8 Å². The van der Waals surface area contributed by atoms with Crippen LogP contribution in [0.3, 0.4) is 0 Å². The van der Waals surface area contributed by atoms with Crippen LogP contribution in [0.4, 0.5) is 17.4 Å². The molecule has 0 saturated carbocycles. The SMILES string of the molecule is COc1ccc(Nc2nc(-c3ccc([N+](=O)[O-])o3)nc3ccsc23)cc1. The average molecular weight is 368 g/mol. The predicted octanol–water partition coefficient (Wildman–Crippen LogP) is 4.61. The largest absolute Gasteiger partial charge is 0.497 e. The number of nitrogens with zero attached hydrogens (tertiary/aromatic N) is 3. The number of furan rings is 1. The first-order chi connectivity index (χ1) is 12.6. The predicted molar refractivity (Wildman–Crippen MR) is 98.0 cm³/mol. The van der Waals surface area contributed by atoms with Gasteiger partial charge in [-0.3, -0.25) is 10.1 Å². The lowest BCUT2D eigenvalue weighted by atomic mass is 10.3. The van der Waals surface area contributed by atoms with E-state index in [0.29, 0.717) is 5.82 Å². The Bertz CT molecular complexity index is 1090. The fourth-order valence-electron chi connectivity index (χ4n) is 2.42. The Morgan fingerprint density at radius 3 is 2.65 bits per heavy atom. The second-order valence-electron chi connectivity index (χ2n) is 5.28. The van der Waals surface area contributed by atoms with Gasteiger partial charge in [0.1, 0.15) is 10.7 Å². The maximum absolute atomic E-state index is 10.8. The van der Waals surface area contributed by atoms with E-state index in [1.165, 1.54) is 23.5 Å². The molecule has 0 amide bonds. The summed E-state index contributed by atoms with van der Waals surface area (Å²) < 4.78 is 11.3. The van der Waals surface area contributed by atoms with E-state index >= 15 is 0 Å². The summed E-state index contributed by atoms with van der Waals surface area (Å²) >= 11 is 1.50. The van der Waals surface area contributed by atoms with Gasteiger partial charge in [0.25, 0.3) is 0 Å². The maximum Gasteiger partial charge on any atom is 0.433 e. The number of anilines is 2. The average Bonchev–Trinajstić information content (AvgIpc) is 3.32. The summed E-state index contributed by atoms with van der Waals surface area (Å²) in [7, 11) is 1.61. The maximum atomic E-state index is 10.8. The highest BCUT2D eigenvalue weighted by molar-refractivity contribution is 7.17. The smallest absolute Gasteiger partial charge is 0.433 e. The van der Waals surface area contributed by atoms with Crippen molar-refractivity contribution in [2.75, 3.05) is 12.4 Å². The van der Waals surface area contributed by atoms with Crippen molar-refractivity contribution in [3.05, 3.63) is 58.0 Å². The first-order valence-electron chi connectivity index (χ1n) is 7.55. The monoisotopic (exact) mass is 368 g/mol. The topological polar surface area (TPSA) is 103 Å². The zero-order valence-electron chi connectivity index (χ0n) is 13.5. The number of nitro groups is 1. The Kier molecular flexibility index (Phi) is 3.98. The first kappa shape index (κ1) is 16.0. The Morgan fingerprint density at radius 1 is 1.15 bits per heavy atom. The molecular weight excluding hydrogens is 356 g/mol. The number of hydrogen-bond acceptors (Lipinski definition) is 8. The molecule has 0 unspecified atom stereocenters. The van der Waals surface area contributed by atoms with Crippen LogP contribution in [-0.4, -0.2) is 22.0 Å². The lowest BCUT2D eigenvalue weighted by Crippen LogP contribution is -1.97. The van der Waals surface area contributed by atoms with Crippen molar-refractivity contribution >= 4 is 38.9 Å². The van der Waals surface area contributed by atoms with Gasteiger partial charge in [-0.2, -0.15) is 0 Å². The lowest BCUT2D eigenvalue weighted by molar-refractivity contribution is -0.401. The third kappa shape index (κ3) is 2.95. The van der Waals surface area contributed by atoms with Gasteiger partial charge in [0.15, 0.2) is 17.4 Å². The van der Waals surface area contributed by atoms with Crippen LogP contribution in [0.25, 0.3) is 21.8 Å². The Balaban J connectivity index is 1.75. The molecule has 0 radical (unpaired) electrons. The molecular formula is C17H12N4O4S.